The zero-order chi connectivity index (χ0) is 15.3. The third-order valence-corrected chi connectivity index (χ3v) is 4.55. The van der Waals surface area contributed by atoms with E-state index >= 15 is 0 Å². The fraction of sp³-hybridized carbons (Fsp3) is 0.714. The SMILES string of the molecule is CCCCCCCC.CCCc1ccc(C2CCC2)cc1. The maximum absolute atomic E-state index is 2.33. The van der Waals surface area contributed by atoms with Crippen LogP contribution >= 0.6 is 0 Å². The second-order valence-electron chi connectivity index (χ2n) is 6.53. The molecule has 0 bridgehead atoms. The summed E-state index contributed by atoms with van der Waals surface area (Å²) in [7, 11) is 0. The van der Waals surface area contributed by atoms with Crippen LogP contribution in [0.4, 0.5) is 0 Å². The highest BCUT2D eigenvalue weighted by molar-refractivity contribution is 5.26. The van der Waals surface area contributed by atoms with E-state index in [0.29, 0.717) is 0 Å². The molecule has 1 aliphatic rings. The summed E-state index contributed by atoms with van der Waals surface area (Å²) in [6.07, 6.45) is 15.2. The van der Waals surface area contributed by atoms with E-state index in [0.717, 1.165) is 5.92 Å². The zero-order valence-electron chi connectivity index (χ0n) is 14.7. The van der Waals surface area contributed by atoms with E-state index in [1.165, 1.54) is 76.2 Å². The first-order valence-corrected chi connectivity index (χ1v) is 9.40. The Morgan fingerprint density at radius 3 is 1.71 bits per heavy atom. The molecule has 120 valence electrons. The van der Waals surface area contributed by atoms with Crippen molar-refractivity contribution in [3.05, 3.63) is 35.4 Å². The Balaban J connectivity index is 0.000000240. The average molecular weight is 289 g/mol. The van der Waals surface area contributed by atoms with Crippen LogP contribution < -0.4 is 0 Å². The quantitative estimate of drug-likeness (QED) is 0.441. The molecule has 21 heavy (non-hydrogen) atoms. The summed E-state index contributed by atoms with van der Waals surface area (Å²) in [6.45, 7) is 6.75. The molecular formula is C21H36. The van der Waals surface area contributed by atoms with Crippen LogP contribution in [0, 0.1) is 0 Å². The lowest BCUT2D eigenvalue weighted by molar-refractivity contribution is 0.419. The van der Waals surface area contributed by atoms with E-state index in [9.17, 15) is 0 Å². The Labute approximate surface area is 133 Å². The van der Waals surface area contributed by atoms with Gasteiger partial charge in [0.05, 0.1) is 0 Å². The Bertz CT molecular complexity index is 326. The van der Waals surface area contributed by atoms with Crippen LogP contribution in [0.3, 0.4) is 0 Å². The van der Waals surface area contributed by atoms with E-state index in [1.54, 1.807) is 5.56 Å². The largest absolute Gasteiger partial charge is 0.0654 e. The molecular weight excluding hydrogens is 252 g/mol. The molecule has 0 amide bonds. The van der Waals surface area contributed by atoms with Crippen molar-refractivity contribution in [1.82, 2.24) is 0 Å². The highest BCUT2D eigenvalue weighted by atomic mass is 14.2. The summed E-state index contributed by atoms with van der Waals surface area (Å²) in [5, 5.41) is 0. The molecule has 0 heteroatoms. The van der Waals surface area contributed by atoms with Gasteiger partial charge in [-0.25, -0.2) is 0 Å². The fourth-order valence-electron chi connectivity index (χ4n) is 2.84. The van der Waals surface area contributed by atoms with Crippen molar-refractivity contribution in [2.24, 2.45) is 0 Å². The molecule has 2 rings (SSSR count). The van der Waals surface area contributed by atoms with Gasteiger partial charge in [0.2, 0.25) is 0 Å². The van der Waals surface area contributed by atoms with Crippen molar-refractivity contribution in [1.29, 1.82) is 0 Å². The first-order chi connectivity index (χ1) is 10.3. The van der Waals surface area contributed by atoms with E-state index < -0.39 is 0 Å². The molecule has 0 radical (unpaired) electrons. The van der Waals surface area contributed by atoms with E-state index in [2.05, 4.69) is 45.0 Å². The van der Waals surface area contributed by atoms with Crippen molar-refractivity contribution >= 4 is 0 Å². The van der Waals surface area contributed by atoms with Crippen LogP contribution in [-0.2, 0) is 6.42 Å². The van der Waals surface area contributed by atoms with Crippen molar-refractivity contribution in [3.63, 3.8) is 0 Å². The molecule has 0 unspecified atom stereocenters. The smallest absolute Gasteiger partial charge is 0.0162 e. The third-order valence-electron chi connectivity index (χ3n) is 4.55. The third kappa shape index (κ3) is 7.69. The van der Waals surface area contributed by atoms with Crippen molar-refractivity contribution in [2.75, 3.05) is 0 Å². The maximum atomic E-state index is 2.33. The van der Waals surface area contributed by atoms with Gasteiger partial charge in [0.1, 0.15) is 0 Å². The molecule has 0 nitrogen and oxygen atoms in total. The predicted octanol–water partition coefficient (Wildman–Crippen LogP) is 7.27. The minimum Gasteiger partial charge on any atom is -0.0654 e. The average Bonchev–Trinajstić information content (AvgIpc) is 2.45. The summed E-state index contributed by atoms with van der Waals surface area (Å²) in [5.74, 6) is 0.885. The van der Waals surface area contributed by atoms with Gasteiger partial charge in [0, 0.05) is 0 Å². The van der Waals surface area contributed by atoms with Crippen LogP contribution in [0.5, 0.6) is 0 Å². The minimum atomic E-state index is 0.885. The Morgan fingerprint density at radius 1 is 0.762 bits per heavy atom. The van der Waals surface area contributed by atoms with Gasteiger partial charge in [-0.15, -0.1) is 0 Å². The first-order valence-electron chi connectivity index (χ1n) is 9.40. The van der Waals surface area contributed by atoms with Crippen LogP contribution in [0.1, 0.15) is 102 Å². The fourth-order valence-corrected chi connectivity index (χ4v) is 2.84. The molecule has 0 heterocycles. The van der Waals surface area contributed by atoms with Crippen LogP contribution in [0.2, 0.25) is 0 Å². The van der Waals surface area contributed by atoms with Gasteiger partial charge in [-0.1, -0.05) is 96.4 Å². The van der Waals surface area contributed by atoms with Crippen LogP contribution in [-0.4, -0.2) is 0 Å². The molecule has 1 fully saturated rings. The highest BCUT2D eigenvalue weighted by Gasteiger charge is 2.18. The lowest BCUT2D eigenvalue weighted by Gasteiger charge is -2.25. The maximum Gasteiger partial charge on any atom is -0.0162 e. The summed E-state index contributed by atoms with van der Waals surface area (Å²) < 4.78 is 0. The van der Waals surface area contributed by atoms with E-state index in [4.69, 9.17) is 0 Å². The number of aryl methyl sites for hydroxylation is 1. The van der Waals surface area contributed by atoms with Gasteiger partial charge >= 0.3 is 0 Å². The lowest BCUT2D eigenvalue weighted by atomic mass is 9.80. The molecule has 1 saturated carbocycles. The molecule has 0 aliphatic heterocycles. The topological polar surface area (TPSA) is 0 Å². The molecule has 1 aliphatic carbocycles. The lowest BCUT2D eigenvalue weighted by Crippen LogP contribution is -2.08. The summed E-state index contributed by atoms with van der Waals surface area (Å²) in [4.78, 5) is 0. The predicted molar refractivity (Wildman–Crippen MR) is 96.1 cm³/mol. The summed E-state index contributed by atoms with van der Waals surface area (Å²) >= 11 is 0. The first kappa shape index (κ1) is 18.3. The van der Waals surface area contributed by atoms with Crippen molar-refractivity contribution in [3.8, 4) is 0 Å². The van der Waals surface area contributed by atoms with Gasteiger partial charge in [0.25, 0.3) is 0 Å². The van der Waals surface area contributed by atoms with E-state index in [-0.39, 0.29) is 0 Å². The number of benzene rings is 1. The number of hydrogen-bond acceptors (Lipinski definition) is 0. The molecule has 1 aromatic rings. The van der Waals surface area contributed by atoms with Gasteiger partial charge in [-0.3, -0.25) is 0 Å². The van der Waals surface area contributed by atoms with Gasteiger partial charge < -0.3 is 0 Å². The molecule has 1 aromatic carbocycles. The highest BCUT2D eigenvalue weighted by Crippen LogP contribution is 2.36. The van der Waals surface area contributed by atoms with Gasteiger partial charge in [-0.2, -0.15) is 0 Å². The minimum absolute atomic E-state index is 0.885. The second-order valence-corrected chi connectivity index (χ2v) is 6.53. The van der Waals surface area contributed by atoms with E-state index in [1.807, 2.05) is 0 Å². The number of unbranched alkanes of at least 4 members (excludes halogenated alkanes) is 5. The monoisotopic (exact) mass is 288 g/mol. The molecule has 0 spiro atoms. The normalized spacial score (nSPS) is 14.2. The summed E-state index contributed by atoms with van der Waals surface area (Å²) in [5.41, 5.74) is 3.05. The molecule has 0 saturated heterocycles. The van der Waals surface area contributed by atoms with Crippen molar-refractivity contribution in [2.45, 2.75) is 97.3 Å². The number of rotatable bonds is 8. The zero-order valence-corrected chi connectivity index (χ0v) is 14.7. The van der Waals surface area contributed by atoms with Gasteiger partial charge in [0.15, 0.2) is 0 Å². The number of hydrogen-bond donors (Lipinski definition) is 0. The Morgan fingerprint density at radius 2 is 1.33 bits per heavy atom. The Kier molecular flexibility index (Phi) is 10.3. The van der Waals surface area contributed by atoms with Crippen molar-refractivity contribution < 1.29 is 0 Å². The molecule has 0 aromatic heterocycles. The van der Waals surface area contributed by atoms with Crippen LogP contribution in [0.25, 0.3) is 0 Å². The summed E-state index contributed by atoms with van der Waals surface area (Å²) in [6, 6.07) is 9.26. The van der Waals surface area contributed by atoms with Crippen LogP contribution in [0.15, 0.2) is 24.3 Å². The van der Waals surface area contributed by atoms with Gasteiger partial charge in [-0.05, 0) is 36.3 Å². The molecule has 0 N–H and O–H groups in total. The Hall–Kier alpha value is -0.780. The standard InChI is InChI=1S/C13H18.C8H18/c1-2-4-11-7-9-13(10-8-11)12-5-3-6-12;1-3-5-7-8-6-4-2/h7-10,12H,2-6H2,1H3;3-8H2,1-2H3. The molecule has 0 atom stereocenters. The second kappa shape index (κ2) is 11.8.